The van der Waals surface area contributed by atoms with Crippen LogP contribution in [0.15, 0.2) is 0 Å². The fraction of sp³-hybridized carbons (Fsp3) is 0. The van der Waals surface area contributed by atoms with Crippen molar-refractivity contribution in [2.24, 2.45) is 0 Å². The van der Waals surface area contributed by atoms with E-state index < -0.39 is 23.4 Å². The molecule has 0 aromatic carbocycles. The molecule has 0 aromatic heterocycles. The van der Waals surface area contributed by atoms with Crippen LogP contribution in [0.5, 0.6) is 0 Å². The number of nitrogens with zero attached hydrogens (tertiary/aromatic N) is 1. The first-order valence-corrected chi connectivity index (χ1v) is 10.9. The Hall–Kier alpha value is 0.182. The molecule has 24 heavy (non-hydrogen) atoms. The van der Waals surface area contributed by atoms with Crippen molar-refractivity contribution in [2.75, 3.05) is 0 Å². The van der Waals surface area contributed by atoms with Gasteiger partial charge in [-0.3, -0.25) is 0 Å². The molecule has 0 radical (unpaired) electrons. The fourth-order valence-corrected chi connectivity index (χ4v) is 0. The van der Waals surface area contributed by atoms with Gasteiger partial charge in [-0.25, -0.2) is 0 Å². The molecule has 0 unspecified atom stereocenters. The van der Waals surface area contributed by atoms with Crippen LogP contribution in [0.3, 0.4) is 0 Å². The van der Waals surface area contributed by atoms with Crippen molar-refractivity contribution < 1.29 is 94.7 Å². The van der Waals surface area contributed by atoms with Crippen LogP contribution in [0.25, 0.3) is 0 Å². The van der Waals surface area contributed by atoms with E-state index in [0.717, 1.165) is 19.2 Å². The Balaban J connectivity index is -0.000000115. The molecule has 0 aromatic rings. The molecule has 0 aliphatic heterocycles. The van der Waals surface area contributed by atoms with Gasteiger partial charge >= 0.3 is 128 Å². The van der Waals surface area contributed by atoms with Gasteiger partial charge in [0.05, 0.1) is 0 Å². The molecule has 0 atom stereocenters. The normalized spacial score (nSPS) is 20.5. The van der Waals surface area contributed by atoms with Crippen molar-refractivity contribution in [3.05, 3.63) is 0 Å². The van der Waals surface area contributed by atoms with E-state index in [9.17, 15) is 75.5 Å². The molecule has 0 N–H and O–H groups in total. The zero-order chi connectivity index (χ0) is 21.9. The summed E-state index contributed by atoms with van der Waals surface area (Å²) in [5.74, 6) is 0. The van der Waals surface area contributed by atoms with Gasteiger partial charge in [0.15, 0.2) is 0 Å². The van der Waals surface area contributed by atoms with E-state index in [-0.39, 0.29) is 0 Å². The predicted molar refractivity (Wildman–Crippen MR) is 46.3 cm³/mol. The molecule has 0 aliphatic rings. The summed E-state index contributed by atoms with van der Waals surface area (Å²) in [5.41, 5.74) is 0. The zero-order valence-corrected chi connectivity index (χ0v) is 14.9. The van der Waals surface area contributed by atoms with Crippen molar-refractivity contribution in [3.63, 3.8) is 0 Å². The Morgan fingerprint density at radius 3 is 0.417 bits per heavy atom. The Labute approximate surface area is 129 Å². The Morgan fingerprint density at radius 1 is 0.417 bits per heavy atom. The maximum atomic E-state index is 9.87. The third-order valence-corrected chi connectivity index (χ3v) is 0. The van der Waals surface area contributed by atoms with Crippen LogP contribution in [0.2, 0.25) is 0 Å². The molecule has 0 amide bonds. The topological polar surface area (TPSA) is 23.8 Å². The van der Waals surface area contributed by atoms with Crippen LogP contribution in [0.1, 0.15) is 0 Å². The SMILES string of the molecule is F[P-](F)(F)(F)(F)F.F[P-](F)(F)(F)(F)F.F[P-](F)(F)(F)(F)F.N#[C][Re+3]. The third kappa shape index (κ3) is 299000. The molecule has 0 saturated carbocycles. The third-order valence-electron chi connectivity index (χ3n) is 0. The molecule has 1 nitrogen and oxygen atoms in total. The molecule has 0 saturated heterocycles. The summed E-state index contributed by atoms with van der Waals surface area (Å²) in [6.45, 7) is 0. The van der Waals surface area contributed by atoms with Gasteiger partial charge in [0.2, 0.25) is 0 Å². The van der Waals surface area contributed by atoms with Crippen LogP contribution < -0.4 is 0 Å². The van der Waals surface area contributed by atoms with Gasteiger partial charge in [-0.1, -0.05) is 0 Å². The van der Waals surface area contributed by atoms with Gasteiger partial charge in [-0.15, -0.1) is 0 Å². The molecule has 0 bridgehead atoms. The van der Waals surface area contributed by atoms with Gasteiger partial charge in [0.25, 0.3) is 0 Å². The summed E-state index contributed by atoms with van der Waals surface area (Å²) in [5, 5.41) is 7.34. The van der Waals surface area contributed by atoms with E-state index in [1.807, 2.05) is 0 Å². The molecular weight excluding hydrogens is 647 g/mol. The summed E-state index contributed by atoms with van der Waals surface area (Å²) in [6.07, 6.45) is 0. The van der Waals surface area contributed by atoms with E-state index in [2.05, 4.69) is 0 Å². The monoisotopic (exact) mass is 648 g/mol. The first-order valence-electron chi connectivity index (χ1n) is 3.46. The fourth-order valence-electron chi connectivity index (χ4n) is 0. The number of hydrogen-bond acceptors (Lipinski definition) is 1. The van der Waals surface area contributed by atoms with Gasteiger partial charge in [0.1, 0.15) is 0 Å². The van der Waals surface area contributed by atoms with Crippen LogP contribution >= 0.6 is 23.4 Å². The van der Waals surface area contributed by atoms with Crippen molar-refractivity contribution in [1.29, 1.82) is 5.26 Å². The molecule has 23 heteroatoms. The molecule has 0 aliphatic carbocycles. The van der Waals surface area contributed by atoms with Crippen molar-refractivity contribution >= 4 is 23.4 Å². The molecule has 0 spiro atoms. The average Bonchev–Trinajstić information content (AvgIpc) is 1.57. The van der Waals surface area contributed by atoms with E-state index in [0.29, 0.717) is 0 Å². The Morgan fingerprint density at radius 2 is 0.417 bits per heavy atom. The average molecular weight is 647 g/mol. The molecular formula is CF18NP3Re. The minimum atomic E-state index is -10.7. The quantitative estimate of drug-likeness (QED) is 0.190. The second-order valence-electron chi connectivity index (χ2n) is 2.96. The van der Waals surface area contributed by atoms with Crippen molar-refractivity contribution in [1.82, 2.24) is 0 Å². The number of hydrogen-bond donors (Lipinski definition) is 0. The second kappa shape index (κ2) is 5.35. The summed E-state index contributed by atoms with van der Waals surface area (Å²) in [7, 11) is -32.0. The van der Waals surface area contributed by atoms with Gasteiger partial charge in [0, 0.05) is 0 Å². The Bertz CT molecular complexity index is 352. The summed E-state index contributed by atoms with van der Waals surface area (Å²) in [4.78, 5) is 0. The number of halogens is 18. The van der Waals surface area contributed by atoms with Gasteiger partial charge < -0.3 is 0 Å². The van der Waals surface area contributed by atoms with Crippen LogP contribution in [-0.2, 0) is 19.2 Å². The maximum absolute atomic E-state index is 10.7. The van der Waals surface area contributed by atoms with E-state index in [1.165, 1.54) is 0 Å². The number of nitriles is 1. The van der Waals surface area contributed by atoms with Crippen LogP contribution in [-0.4, -0.2) is 0 Å². The Kier molecular flexibility index (Phi) is 7.11. The van der Waals surface area contributed by atoms with E-state index in [4.69, 9.17) is 5.26 Å². The second-order valence-corrected chi connectivity index (χ2v) is 9.32. The van der Waals surface area contributed by atoms with E-state index in [1.54, 1.807) is 4.54 Å². The molecule has 0 fully saturated rings. The number of rotatable bonds is 0. The van der Waals surface area contributed by atoms with Crippen LogP contribution in [0, 0.1) is 9.80 Å². The van der Waals surface area contributed by atoms with E-state index >= 15 is 0 Å². The molecule has 157 valence electrons. The predicted octanol–water partition coefficient (Wildman–Crippen LogP) is 10.2. The molecule has 0 rings (SSSR count). The van der Waals surface area contributed by atoms with Gasteiger partial charge in [-0.05, 0) is 0 Å². The van der Waals surface area contributed by atoms with Crippen LogP contribution in [0.4, 0.5) is 75.5 Å². The first-order chi connectivity index (χ1) is 8.76. The first kappa shape index (κ1) is 31.9. The zero-order valence-electron chi connectivity index (χ0n) is 9.47. The van der Waals surface area contributed by atoms with Crippen molar-refractivity contribution in [2.45, 2.75) is 0 Å². The molecule has 0 heterocycles. The standard InChI is InChI=1S/CN.3F6P.Re/c1-2;3*1-7(2,3,4,5)6;/q;3*-1;+3. The summed E-state index contributed by atoms with van der Waals surface area (Å²) < 4.78 is 179. The summed E-state index contributed by atoms with van der Waals surface area (Å²) >= 11 is 1.13. The van der Waals surface area contributed by atoms with Crippen molar-refractivity contribution in [3.8, 4) is 4.54 Å². The minimum absolute atomic E-state index is 1.13. The van der Waals surface area contributed by atoms with Gasteiger partial charge in [-0.2, -0.15) is 0 Å². The summed E-state index contributed by atoms with van der Waals surface area (Å²) in [6, 6.07) is 0.